The molecule has 1 saturated heterocycles. The summed E-state index contributed by atoms with van der Waals surface area (Å²) in [5.41, 5.74) is 3.52. The number of ether oxygens (including phenoxy) is 2. The van der Waals surface area contributed by atoms with Crippen LogP contribution >= 0.6 is 0 Å². The lowest BCUT2D eigenvalue weighted by atomic mass is 10.1. The first-order valence-corrected chi connectivity index (χ1v) is 11.5. The predicted octanol–water partition coefficient (Wildman–Crippen LogP) is 2.77. The summed E-state index contributed by atoms with van der Waals surface area (Å²) in [5.74, 6) is 0.756. The lowest BCUT2D eigenvalue weighted by Gasteiger charge is -2.31. The maximum Gasteiger partial charge on any atom is 0.234 e. The van der Waals surface area contributed by atoms with Crippen LogP contribution in [0, 0.1) is 13.8 Å². The molecule has 170 valence electrons. The van der Waals surface area contributed by atoms with Crippen molar-refractivity contribution < 1.29 is 14.3 Å². The third-order valence-electron chi connectivity index (χ3n) is 6.80. The Morgan fingerprint density at radius 1 is 1.16 bits per heavy atom. The lowest BCUT2D eigenvalue weighted by molar-refractivity contribution is -0.122. The SMILES string of the molecule is COCCNC(=O)CN1CCC(Oc2ncnc3c2c(C)c(C)n3C2CCCC2)CC1. The minimum Gasteiger partial charge on any atom is -0.474 e. The molecule has 1 aliphatic carbocycles. The third kappa shape index (κ3) is 4.85. The fourth-order valence-electron chi connectivity index (χ4n) is 4.99. The fraction of sp³-hybridized carbons (Fsp3) is 0.696. The van der Waals surface area contributed by atoms with Gasteiger partial charge in [-0.2, -0.15) is 0 Å². The van der Waals surface area contributed by atoms with Gasteiger partial charge in [-0.05, 0) is 45.1 Å². The van der Waals surface area contributed by atoms with Crippen LogP contribution in [0.25, 0.3) is 11.0 Å². The van der Waals surface area contributed by atoms with Crippen molar-refractivity contribution in [1.29, 1.82) is 0 Å². The molecule has 0 spiro atoms. The number of hydrogen-bond acceptors (Lipinski definition) is 6. The molecule has 1 saturated carbocycles. The number of aromatic nitrogens is 3. The first-order valence-electron chi connectivity index (χ1n) is 11.5. The number of hydrogen-bond donors (Lipinski definition) is 1. The van der Waals surface area contributed by atoms with Crippen LogP contribution in [0.2, 0.25) is 0 Å². The molecular formula is C23H35N5O3. The maximum atomic E-state index is 12.0. The Bertz CT molecular complexity index is 898. The van der Waals surface area contributed by atoms with E-state index in [1.165, 1.54) is 36.9 Å². The van der Waals surface area contributed by atoms with Crippen LogP contribution < -0.4 is 10.1 Å². The van der Waals surface area contributed by atoms with Crippen LogP contribution in [-0.4, -0.2) is 71.3 Å². The van der Waals surface area contributed by atoms with Crippen molar-refractivity contribution in [2.24, 2.45) is 0 Å². The number of rotatable bonds is 8. The number of carbonyl (C=O) groups is 1. The largest absolute Gasteiger partial charge is 0.474 e. The van der Waals surface area contributed by atoms with E-state index in [0.717, 1.165) is 37.0 Å². The Morgan fingerprint density at radius 2 is 1.90 bits per heavy atom. The molecule has 31 heavy (non-hydrogen) atoms. The van der Waals surface area contributed by atoms with Gasteiger partial charge in [-0.3, -0.25) is 9.69 Å². The summed E-state index contributed by atoms with van der Waals surface area (Å²) >= 11 is 0. The first kappa shape index (κ1) is 22.0. The second kappa shape index (κ2) is 9.96. The number of methoxy groups -OCH3 is 1. The highest BCUT2D eigenvalue weighted by molar-refractivity contribution is 5.86. The summed E-state index contributed by atoms with van der Waals surface area (Å²) in [6.45, 7) is 7.56. The van der Waals surface area contributed by atoms with E-state index in [-0.39, 0.29) is 12.0 Å². The molecule has 2 aliphatic rings. The minimum absolute atomic E-state index is 0.0493. The number of likely N-dealkylation sites (tertiary alicyclic amines) is 1. The van der Waals surface area contributed by atoms with Crippen molar-refractivity contribution in [3.8, 4) is 5.88 Å². The van der Waals surface area contributed by atoms with Crippen molar-refractivity contribution in [3.63, 3.8) is 0 Å². The van der Waals surface area contributed by atoms with Crippen LogP contribution in [0.5, 0.6) is 5.88 Å². The highest BCUT2D eigenvalue weighted by atomic mass is 16.5. The summed E-state index contributed by atoms with van der Waals surface area (Å²) in [7, 11) is 1.63. The van der Waals surface area contributed by atoms with Crippen LogP contribution in [0.15, 0.2) is 6.33 Å². The van der Waals surface area contributed by atoms with Crippen molar-refractivity contribution >= 4 is 16.9 Å². The van der Waals surface area contributed by atoms with E-state index >= 15 is 0 Å². The second-order valence-electron chi connectivity index (χ2n) is 8.83. The maximum absolute atomic E-state index is 12.0. The quantitative estimate of drug-likeness (QED) is 0.650. The highest BCUT2D eigenvalue weighted by Gasteiger charge is 2.27. The second-order valence-corrected chi connectivity index (χ2v) is 8.83. The van der Waals surface area contributed by atoms with E-state index in [9.17, 15) is 4.79 Å². The van der Waals surface area contributed by atoms with Crippen molar-refractivity contribution in [3.05, 3.63) is 17.6 Å². The summed E-state index contributed by atoms with van der Waals surface area (Å²) in [5, 5.41) is 3.94. The summed E-state index contributed by atoms with van der Waals surface area (Å²) in [6.07, 6.45) is 8.56. The number of nitrogens with one attached hydrogen (secondary N) is 1. The number of piperidine rings is 1. The van der Waals surface area contributed by atoms with Gasteiger partial charge < -0.3 is 19.4 Å². The third-order valence-corrected chi connectivity index (χ3v) is 6.80. The van der Waals surface area contributed by atoms with Gasteiger partial charge in [0.05, 0.1) is 18.5 Å². The molecule has 2 fully saturated rings. The molecule has 0 radical (unpaired) electrons. The summed E-state index contributed by atoms with van der Waals surface area (Å²) < 4.78 is 13.8. The summed E-state index contributed by atoms with van der Waals surface area (Å²) in [6, 6.07) is 0.539. The molecule has 3 heterocycles. The van der Waals surface area contributed by atoms with Gasteiger partial charge in [-0.15, -0.1) is 0 Å². The topological polar surface area (TPSA) is 81.5 Å². The fourth-order valence-corrected chi connectivity index (χ4v) is 4.99. The first-order chi connectivity index (χ1) is 15.1. The van der Waals surface area contributed by atoms with E-state index < -0.39 is 0 Å². The summed E-state index contributed by atoms with van der Waals surface area (Å²) in [4.78, 5) is 23.4. The number of carbonyl (C=O) groups excluding carboxylic acids is 1. The molecule has 8 heteroatoms. The molecule has 0 bridgehead atoms. The van der Waals surface area contributed by atoms with Crippen molar-refractivity contribution in [2.45, 2.75) is 64.5 Å². The minimum atomic E-state index is 0.0493. The van der Waals surface area contributed by atoms with Gasteiger partial charge in [-0.1, -0.05) is 12.8 Å². The molecule has 0 aromatic carbocycles. The average Bonchev–Trinajstić information content (AvgIpc) is 3.37. The molecule has 0 unspecified atom stereocenters. The van der Waals surface area contributed by atoms with Crippen LogP contribution in [-0.2, 0) is 9.53 Å². The van der Waals surface area contributed by atoms with Crippen molar-refractivity contribution in [2.75, 3.05) is 39.9 Å². The Labute approximate surface area is 184 Å². The van der Waals surface area contributed by atoms with Crippen LogP contribution in [0.3, 0.4) is 0 Å². The molecule has 4 rings (SSSR count). The molecule has 8 nitrogen and oxygen atoms in total. The van der Waals surface area contributed by atoms with Gasteiger partial charge in [0, 0.05) is 38.5 Å². The van der Waals surface area contributed by atoms with Gasteiger partial charge in [0.15, 0.2) is 0 Å². The van der Waals surface area contributed by atoms with E-state index in [4.69, 9.17) is 9.47 Å². The number of amides is 1. The average molecular weight is 430 g/mol. The zero-order valence-corrected chi connectivity index (χ0v) is 19.0. The van der Waals surface area contributed by atoms with Gasteiger partial charge in [-0.25, -0.2) is 9.97 Å². The monoisotopic (exact) mass is 429 g/mol. The Balaban J connectivity index is 1.40. The smallest absolute Gasteiger partial charge is 0.234 e. The van der Waals surface area contributed by atoms with E-state index in [0.29, 0.717) is 31.6 Å². The van der Waals surface area contributed by atoms with Gasteiger partial charge >= 0.3 is 0 Å². The van der Waals surface area contributed by atoms with E-state index in [1.54, 1.807) is 13.4 Å². The number of fused-ring (bicyclic) bond motifs is 1. The highest BCUT2D eigenvalue weighted by Crippen LogP contribution is 2.38. The molecule has 2 aromatic heterocycles. The molecule has 1 amide bonds. The number of aryl methyl sites for hydroxylation is 1. The Hall–Kier alpha value is -2.19. The van der Waals surface area contributed by atoms with E-state index in [1.807, 2.05) is 0 Å². The molecule has 0 atom stereocenters. The molecule has 2 aromatic rings. The van der Waals surface area contributed by atoms with Gasteiger partial charge in [0.2, 0.25) is 11.8 Å². The number of nitrogens with zero attached hydrogens (tertiary/aromatic N) is 4. The predicted molar refractivity (Wildman–Crippen MR) is 119 cm³/mol. The standard InChI is InChI=1S/C23H35N5O3/c1-16-17(2)28(18-6-4-5-7-18)22-21(16)23(26-15-25-22)31-19-8-11-27(12-9-19)14-20(29)24-10-13-30-3/h15,18-19H,4-14H2,1-3H3,(H,24,29). The zero-order valence-electron chi connectivity index (χ0n) is 19.0. The molecule has 1 aliphatic heterocycles. The Morgan fingerprint density at radius 3 is 2.61 bits per heavy atom. The Kier molecular flexibility index (Phi) is 7.07. The van der Waals surface area contributed by atoms with Gasteiger partial charge in [0.1, 0.15) is 18.1 Å². The van der Waals surface area contributed by atoms with Gasteiger partial charge in [0.25, 0.3) is 0 Å². The van der Waals surface area contributed by atoms with Crippen LogP contribution in [0.1, 0.15) is 55.8 Å². The van der Waals surface area contributed by atoms with Crippen LogP contribution in [0.4, 0.5) is 0 Å². The van der Waals surface area contributed by atoms with Crippen molar-refractivity contribution in [1.82, 2.24) is 24.8 Å². The molecule has 1 N–H and O–H groups in total. The normalized spacial score (nSPS) is 18.7. The lowest BCUT2D eigenvalue weighted by Crippen LogP contribution is -2.44. The molecular weight excluding hydrogens is 394 g/mol. The van der Waals surface area contributed by atoms with E-state index in [2.05, 4.69) is 38.6 Å². The zero-order chi connectivity index (χ0) is 21.8.